The number of carbonyl (C=O) groups is 3. The van der Waals surface area contributed by atoms with Crippen molar-refractivity contribution in [3.05, 3.63) is 124 Å². The third kappa shape index (κ3) is 6.45. The SMILES string of the molecule is CCOc1ccc(C2C(C(=O)c3ccc(C(C)C)cc3)=C(O[C@@H](C(=O)OC)c3ccccc3)C(=O)N2c2ccc(C)nn2)cn1. The summed E-state index contributed by atoms with van der Waals surface area (Å²) in [6.45, 7) is 8.17. The van der Waals surface area contributed by atoms with Crippen LogP contribution in [-0.4, -0.2) is 46.6 Å². The largest absolute Gasteiger partial charge is 0.478 e. The summed E-state index contributed by atoms with van der Waals surface area (Å²) in [5.74, 6) is -1.32. The summed E-state index contributed by atoms with van der Waals surface area (Å²) >= 11 is 0. The number of ether oxygens (including phenoxy) is 3. The number of rotatable bonds is 11. The Kier molecular flexibility index (Phi) is 9.32. The molecular weight excluding hydrogens is 572 g/mol. The molecule has 1 aliphatic rings. The van der Waals surface area contributed by atoms with Gasteiger partial charge in [-0.1, -0.05) is 68.4 Å². The van der Waals surface area contributed by atoms with Gasteiger partial charge in [0.05, 0.1) is 31.0 Å². The number of anilines is 1. The maximum atomic E-state index is 14.5. The summed E-state index contributed by atoms with van der Waals surface area (Å²) in [6, 6.07) is 21.6. The predicted octanol–water partition coefficient (Wildman–Crippen LogP) is 5.86. The van der Waals surface area contributed by atoms with Crippen LogP contribution in [0.2, 0.25) is 0 Å². The number of carbonyl (C=O) groups excluding carboxylic acids is 3. The molecule has 5 rings (SSSR count). The van der Waals surface area contributed by atoms with E-state index in [1.54, 1.807) is 79.9 Å². The number of Topliss-reactive ketones (excluding diaryl/α,β-unsaturated/α-hetero) is 1. The van der Waals surface area contributed by atoms with Gasteiger partial charge < -0.3 is 14.2 Å². The Labute approximate surface area is 261 Å². The molecule has 10 heteroatoms. The second-order valence-corrected chi connectivity index (χ2v) is 10.8. The second kappa shape index (κ2) is 13.5. The van der Waals surface area contributed by atoms with E-state index in [1.807, 2.05) is 19.1 Å². The van der Waals surface area contributed by atoms with Gasteiger partial charge in [-0.3, -0.25) is 14.5 Å². The summed E-state index contributed by atoms with van der Waals surface area (Å²) in [5.41, 5.74) is 3.02. The summed E-state index contributed by atoms with van der Waals surface area (Å²) in [5, 5.41) is 8.43. The molecule has 1 unspecified atom stereocenters. The van der Waals surface area contributed by atoms with Crippen LogP contribution in [0.15, 0.2) is 96.4 Å². The first-order chi connectivity index (χ1) is 21.7. The topological polar surface area (TPSA) is 121 Å². The van der Waals surface area contributed by atoms with Gasteiger partial charge in [0.25, 0.3) is 5.91 Å². The van der Waals surface area contributed by atoms with Crippen LogP contribution in [0.3, 0.4) is 0 Å². The average molecular weight is 607 g/mol. The highest BCUT2D eigenvalue weighted by Crippen LogP contribution is 2.44. The van der Waals surface area contributed by atoms with E-state index in [0.29, 0.717) is 34.9 Å². The lowest BCUT2D eigenvalue weighted by molar-refractivity contribution is -0.152. The fraction of sp³-hybridized carbons (Fsp3) is 0.257. The van der Waals surface area contributed by atoms with Crippen LogP contribution in [0, 0.1) is 6.92 Å². The lowest BCUT2D eigenvalue weighted by atomic mass is 9.92. The minimum absolute atomic E-state index is 0.0236. The lowest BCUT2D eigenvalue weighted by Crippen LogP contribution is -2.32. The van der Waals surface area contributed by atoms with Gasteiger partial charge in [-0.2, -0.15) is 5.10 Å². The van der Waals surface area contributed by atoms with E-state index in [4.69, 9.17) is 14.2 Å². The summed E-state index contributed by atoms with van der Waals surface area (Å²) < 4.78 is 16.9. The second-order valence-electron chi connectivity index (χ2n) is 10.8. The first kappa shape index (κ1) is 31.1. The molecule has 0 bridgehead atoms. The van der Waals surface area contributed by atoms with Crippen molar-refractivity contribution < 1.29 is 28.6 Å². The smallest absolute Gasteiger partial charge is 0.351 e. The number of hydrogen-bond donors (Lipinski definition) is 0. The van der Waals surface area contributed by atoms with Crippen LogP contribution in [0.25, 0.3) is 0 Å². The molecule has 0 saturated heterocycles. The van der Waals surface area contributed by atoms with Crippen molar-refractivity contribution in [2.75, 3.05) is 18.6 Å². The fourth-order valence-corrected chi connectivity index (χ4v) is 5.08. The molecule has 1 aliphatic heterocycles. The number of amides is 1. The number of pyridine rings is 1. The van der Waals surface area contributed by atoms with E-state index in [9.17, 15) is 14.4 Å². The molecule has 3 heterocycles. The van der Waals surface area contributed by atoms with Crippen molar-refractivity contribution in [2.24, 2.45) is 0 Å². The van der Waals surface area contributed by atoms with Crippen molar-refractivity contribution in [2.45, 2.75) is 45.8 Å². The fourth-order valence-electron chi connectivity index (χ4n) is 5.08. The molecule has 1 amide bonds. The quantitative estimate of drug-likeness (QED) is 0.153. The summed E-state index contributed by atoms with van der Waals surface area (Å²) in [6.07, 6.45) is 0.217. The molecule has 2 aromatic carbocycles. The number of esters is 1. The van der Waals surface area contributed by atoms with Crippen molar-refractivity contribution in [3.63, 3.8) is 0 Å². The highest BCUT2D eigenvalue weighted by Gasteiger charge is 2.48. The first-order valence-electron chi connectivity index (χ1n) is 14.6. The van der Waals surface area contributed by atoms with E-state index in [-0.39, 0.29) is 23.1 Å². The molecule has 0 fully saturated rings. The Bertz CT molecular complexity index is 1700. The van der Waals surface area contributed by atoms with Crippen LogP contribution in [0.5, 0.6) is 5.88 Å². The molecule has 2 aromatic heterocycles. The van der Waals surface area contributed by atoms with Crippen LogP contribution in [-0.2, 0) is 19.1 Å². The first-order valence-corrected chi connectivity index (χ1v) is 14.6. The molecule has 230 valence electrons. The number of ketones is 1. The number of aryl methyl sites for hydroxylation is 1. The van der Waals surface area contributed by atoms with E-state index < -0.39 is 29.8 Å². The minimum atomic E-state index is -1.33. The van der Waals surface area contributed by atoms with Gasteiger partial charge in [-0.25, -0.2) is 9.78 Å². The van der Waals surface area contributed by atoms with Crippen LogP contribution in [0.1, 0.15) is 71.6 Å². The highest BCUT2D eigenvalue weighted by atomic mass is 16.6. The molecule has 10 nitrogen and oxygen atoms in total. The average Bonchev–Trinajstić information content (AvgIpc) is 3.35. The Hall–Kier alpha value is -5.38. The molecular formula is C35H34N4O6. The van der Waals surface area contributed by atoms with E-state index in [0.717, 1.165) is 5.56 Å². The van der Waals surface area contributed by atoms with Gasteiger partial charge in [0.15, 0.2) is 17.4 Å². The predicted molar refractivity (Wildman–Crippen MR) is 167 cm³/mol. The van der Waals surface area contributed by atoms with Crippen molar-refractivity contribution in [1.82, 2.24) is 15.2 Å². The molecule has 0 spiro atoms. The highest BCUT2D eigenvalue weighted by molar-refractivity contribution is 6.21. The monoisotopic (exact) mass is 606 g/mol. The third-order valence-electron chi connectivity index (χ3n) is 7.42. The minimum Gasteiger partial charge on any atom is -0.478 e. The number of benzene rings is 2. The zero-order valence-corrected chi connectivity index (χ0v) is 25.8. The normalized spacial score (nSPS) is 15.3. The maximum Gasteiger partial charge on any atom is 0.351 e. The van der Waals surface area contributed by atoms with Crippen molar-refractivity contribution in [3.8, 4) is 5.88 Å². The Morgan fingerprint density at radius 1 is 0.911 bits per heavy atom. The number of aromatic nitrogens is 3. The van der Waals surface area contributed by atoms with Crippen LogP contribution in [0.4, 0.5) is 5.82 Å². The van der Waals surface area contributed by atoms with E-state index >= 15 is 0 Å². The maximum absolute atomic E-state index is 14.5. The Morgan fingerprint density at radius 3 is 2.22 bits per heavy atom. The lowest BCUT2D eigenvalue weighted by Gasteiger charge is -2.25. The van der Waals surface area contributed by atoms with Crippen molar-refractivity contribution >= 4 is 23.5 Å². The van der Waals surface area contributed by atoms with Gasteiger partial charge >= 0.3 is 5.97 Å². The Morgan fingerprint density at radius 2 is 1.64 bits per heavy atom. The summed E-state index contributed by atoms with van der Waals surface area (Å²) in [7, 11) is 1.23. The molecule has 45 heavy (non-hydrogen) atoms. The molecule has 4 aromatic rings. The van der Waals surface area contributed by atoms with Gasteiger partial charge in [0.2, 0.25) is 12.0 Å². The zero-order chi connectivity index (χ0) is 32.1. The number of hydrogen-bond acceptors (Lipinski definition) is 9. The number of methoxy groups -OCH3 is 1. The molecule has 0 N–H and O–H groups in total. The van der Waals surface area contributed by atoms with Gasteiger partial charge in [0.1, 0.15) is 0 Å². The molecule has 0 saturated carbocycles. The number of nitrogens with zero attached hydrogens (tertiary/aromatic N) is 4. The van der Waals surface area contributed by atoms with Crippen LogP contribution >= 0.6 is 0 Å². The van der Waals surface area contributed by atoms with Gasteiger partial charge in [-0.15, -0.1) is 5.10 Å². The standard InChI is InChI=1S/C35H34N4O6/c1-6-44-28-19-17-26(20-36-28)30-29(31(40)24-15-13-23(14-16-24)21(2)3)33(34(41)39(30)27-18-12-22(4)37-38-27)45-32(35(42)43-5)25-10-8-7-9-11-25/h7-21,30,32H,6H2,1-5H3/t30?,32-/m1/s1. The van der Waals surface area contributed by atoms with Crippen LogP contribution < -0.4 is 9.64 Å². The zero-order valence-electron chi connectivity index (χ0n) is 25.8. The third-order valence-corrected chi connectivity index (χ3v) is 7.42. The molecule has 0 radical (unpaired) electrons. The van der Waals surface area contributed by atoms with Gasteiger partial charge in [0, 0.05) is 23.4 Å². The Balaban J connectivity index is 1.73. The molecule has 0 aliphatic carbocycles. The summed E-state index contributed by atoms with van der Waals surface area (Å²) in [4.78, 5) is 47.8. The van der Waals surface area contributed by atoms with Crippen molar-refractivity contribution in [1.29, 1.82) is 0 Å². The van der Waals surface area contributed by atoms with E-state index in [1.165, 1.54) is 12.0 Å². The molecule has 2 atom stereocenters. The van der Waals surface area contributed by atoms with Gasteiger partial charge in [-0.05, 0) is 49.1 Å². The van der Waals surface area contributed by atoms with E-state index in [2.05, 4.69) is 29.0 Å².